The van der Waals surface area contributed by atoms with Crippen molar-refractivity contribution in [2.75, 3.05) is 0 Å². The van der Waals surface area contributed by atoms with Crippen LogP contribution in [0.5, 0.6) is 0 Å². The van der Waals surface area contributed by atoms with Gasteiger partial charge in [0.2, 0.25) is 5.89 Å². The Labute approximate surface area is 161 Å². The Balaban J connectivity index is 1.60. The Morgan fingerprint density at radius 3 is 2.14 bits per heavy atom. The first-order valence-electron chi connectivity index (χ1n) is 9.24. The lowest BCUT2D eigenvalue weighted by Crippen LogP contribution is -2.01. The molecule has 2 aromatic heterocycles. The summed E-state index contributed by atoms with van der Waals surface area (Å²) in [6.07, 6.45) is 1.46. The highest BCUT2D eigenvalue weighted by molar-refractivity contribution is 6.41. The number of aromatic nitrogens is 2. The second-order valence-corrected chi connectivity index (χ2v) is 7.48. The van der Waals surface area contributed by atoms with E-state index in [-0.39, 0.29) is 23.0 Å². The Hall–Kier alpha value is -3.47. The number of oxazole rings is 1. The number of benzene rings is 2. The highest BCUT2D eigenvalue weighted by Gasteiger charge is 2.34. The minimum absolute atomic E-state index is 0.0981. The number of carbonyl (C=O) groups is 2. The lowest BCUT2D eigenvalue weighted by atomic mass is 10.0. The quantitative estimate of drug-likeness (QED) is 0.372. The van der Waals surface area contributed by atoms with Gasteiger partial charge in [-0.1, -0.05) is 38.1 Å². The van der Waals surface area contributed by atoms with Gasteiger partial charge in [0.05, 0.1) is 5.57 Å². The Morgan fingerprint density at radius 1 is 1.00 bits per heavy atom. The van der Waals surface area contributed by atoms with Crippen LogP contribution in [-0.4, -0.2) is 21.1 Å². The molecule has 2 aromatic carbocycles. The van der Waals surface area contributed by atoms with Crippen LogP contribution in [0.1, 0.15) is 52.1 Å². The molecule has 0 saturated heterocycles. The van der Waals surface area contributed by atoms with Gasteiger partial charge in [0.25, 0.3) is 0 Å². The predicted molar refractivity (Wildman–Crippen MR) is 108 cm³/mol. The van der Waals surface area contributed by atoms with E-state index >= 15 is 0 Å². The van der Waals surface area contributed by atoms with Gasteiger partial charge >= 0.3 is 0 Å². The molecule has 0 amide bonds. The molecule has 0 aliphatic heterocycles. The average Bonchev–Trinajstić information content (AvgIpc) is 3.29. The van der Waals surface area contributed by atoms with E-state index in [0.29, 0.717) is 28.3 Å². The number of carbonyl (C=O) groups excluding carboxylic acids is 2. The number of hydrogen-bond acceptors (Lipinski definition) is 4. The molecule has 0 spiro atoms. The summed E-state index contributed by atoms with van der Waals surface area (Å²) in [5.41, 5.74) is 3.45. The van der Waals surface area contributed by atoms with Crippen LogP contribution < -0.4 is 0 Å². The molecule has 28 heavy (non-hydrogen) atoms. The molecule has 0 atom stereocenters. The maximum Gasteiger partial charge on any atom is 0.222 e. The largest absolute Gasteiger partial charge is 0.435 e. The van der Waals surface area contributed by atoms with Gasteiger partial charge in [-0.25, -0.2) is 0 Å². The summed E-state index contributed by atoms with van der Waals surface area (Å²) < 4.78 is 7.78. The van der Waals surface area contributed by atoms with Crippen molar-refractivity contribution in [2.24, 2.45) is 7.05 Å². The molecular weight excluding hydrogens is 352 g/mol. The molecule has 0 fully saturated rings. The van der Waals surface area contributed by atoms with Crippen molar-refractivity contribution in [3.8, 4) is 0 Å². The predicted octanol–water partition coefficient (Wildman–Crippen LogP) is 4.91. The van der Waals surface area contributed by atoms with Crippen molar-refractivity contribution in [1.82, 2.24) is 9.55 Å². The summed E-state index contributed by atoms with van der Waals surface area (Å²) >= 11 is 0. The highest BCUT2D eigenvalue weighted by atomic mass is 16.3. The molecule has 2 heterocycles. The van der Waals surface area contributed by atoms with Crippen molar-refractivity contribution in [2.45, 2.75) is 19.8 Å². The average molecular weight is 370 g/mol. The number of nitrogens with zero attached hydrogens (tertiary/aromatic N) is 2. The monoisotopic (exact) mass is 370 g/mol. The summed E-state index contributed by atoms with van der Waals surface area (Å²) in [5.74, 6) is 0.0505. The first-order chi connectivity index (χ1) is 13.4. The van der Waals surface area contributed by atoms with Crippen molar-refractivity contribution in [3.05, 3.63) is 70.7 Å². The number of ketones is 2. The van der Waals surface area contributed by atoms with Crippen LogP contribution in [0, 0.1) is 0 Å². The third kappa shape index (κ3) is 2.29. The zero-order valence-corrected chi connectivity index (χ0v) is 15.8. The standard InChI is InChI=1S/C23H18N2O3/c1-12(2)18-11-19-23(25(18)3)24-20(28-19)10-17-21(26)15-8-13-6-4-5-7-14(13)9-16(15)22(17)27/h4-12H,1-3H3. The number of fused-ring (bicyclic) bond motifs is 3. The minimum Gasteiger partial charge on any atom is -0.435 e. The fourth-order valence-electron chi connectivity index (χ4n) is 3.91. The Bertz CT molecular complexity index is 1280. The van der Waals surface area contributed by atoms with Crippen LogP contribution in [0.25, 0.3) is 28.1 Å². The molecule has 4 aromatic rings. The lowest BCUT2D eigenvalue weighted by molar-refractivity contribution is 0.0990. The van der Waals surface area contributed by atoms with Crippen molar-refractivity contribution < 1.29 is 14.0 Å². The normalized spacial score (nSPS) is 13.9. The molecule has 0 bridgehead atoms. The van der Waals surface area contributed by atoms with E-state index in [2.05, 4.69) is 18.8 Å². The molecule has 1 aliphatic carbocycles. The van der Waals surface area contributed by atoms with Gasteiger partial charge in [-0.3, -0.25) is 9.59 Å². The van der Waals surface area contributed by atoms with Gasteiger partial charge in [-0.2, -0.15) is 4.98 Å². The summed E-state index contributed by atoms with van der Waals surface area (Å²) in [5, 5.41) is 1.87. The third-order valence-electron chi connectivity index (χ3n) is 5.36. The summed E-state index contributed by atoms with van der Waals surface area (Å²) in [6.45, 7) is 4.21. The molecule has 5 rings (SSSR count). The summed E-state index contributed by atoms with van der Waals surface area (Å²) in [6, 6.07) is 13.2. The van der Waals surface area contributed by atoms with E-state index in [0.717, 1.165) is 16.5 Å². The second kappa shape index (κ2) is 5.76. The van der Waals surface area contributed by atoms with E-state index in [1.54, 1.807) is 12.1 Å². The lowest BCUT2D eigenvalue weighted by Gasteiger charge is -2.05. The molecular formula is C23H18N2O3. The van der Waals surface area contributed by atoms with E-state index < -0.39 is 0 Å². The van der Waals surface area contributed by atoms with Gasteiger partial charge in [-0.15, -0.1) is 0 Å². The van der Waals surface area contributed by atoms with Crippen LogP contribution >= 0.6 is 0 Å². The molecule has 0 saturated carbocycles. The van der Waals surface area contributed by atoms with Gasteiger partial charge < -0.3 is 8.98 Å². The molecule has 0 N–H and O–H groups in total. The van der Waals surface area contributed by atoms with Crippen LogP contribution in [0.4, 0.5) is 0 Å². The fraction of sp³-hybridized carbons (Fsp3) is 0.174. The van der Waals surface area contributed by atoms with E-state index in [1.165, 1.54) is 6.08 Å². The number of aryl methyl sites for hydroxylation is 1. The summed E-state index contributed by atoms with van der Waals surface area (Å²) in [7, 11) is 1.93. The van der Waals surface area contributed by atoms with Gasteiger partial charge in [0, 0.05) is 36.0 Å². The van der Waals surface area contributed by atoms with Crippen molar-refractivity contribution in [3.63, 3.8) is 0 Å². The molecule has 138 valence electrons. The second-order valence-electron chi connectivity index (χ2n) is 7.48. The highest BCUT2D eigenvalue weighted by Crippen LogP contribution is 2.32. The van der Waals surface area contributed by atoms with E-state index in [4.69, 9.17) is 4.42 Å². The maximum atomic E-state index is 12.9. The fourth-order valence-corrected chi connectivity index (χ4v) is 3.91. The maximum absolute atomic E-state index is 12.9. The third-order valence-corrected chi connectivity index (χ3v) is 5.36. The smallest absolute Gasteiger partial charge is 0.222 e. The number of Topliss-reactive ketones (excluding diaryl/α,β-unsaturated/α-hetero) is 2. The zero-order chi connectivity index (χ0) is 19.6. The Kier molecular flexibility index (Phi) is 3.43. The van der Waals surface area contributed by atoms with Crippen LogP contribution in [-0.2, 0) is 7.05 Å². The van der Waals surface area contributed by atoms with E-state index in [1.807, 2.05) is 41.9 Å². The van der Waals surface area contributed by atoms with Gasteiger partial charge in [0.15, 0.2) is 22.8 Å². The molecule has 1 aliphatic rings. The SMILES string of the molecule is CC(C)c1cc2oc(C=C3C(=O)c4cc5ccccc5cc4C3=O)nc2n1C. The molecule has 5 heteroatoms. The van der Waals surface area contributed by atoms with Gasteiger partial charge in [-0.05, 0) is 28.8 Å². The van der Waals surface area contributed by atoms with Crippen molar-refractivity contribution >= 4 is 39.6 Å². The first kappa shape index (κ1) is 16.7. The number of rotatable bonds is 2. The topological polar surface area (TPSA) is 65.1 Å². The number of allylic oxidation sites excluding steroid dienone is 1. The molecule has 5 nitrogen and oxygen atoms in total. The zero-order valence-electron chi connectivity index (χ0n) is 15.8. The van der Waals surface area contributed by atoms with Crippen LogP contribution in [0.15, 0.2) is 52.5 Å². The van der Waals surface area contributed by atoms with Crippen LogP contribution in [0.2, 0.25) is 0 Å². The summed E-state index contributed by atoms with van der Waals surface area (Å²) in [4.78, 5) is 30.2. The van der Waals surface area contributed by atoms with Gasteiger partial charge in [0.1, 0.15) is 0 Å². The van der Waals surface area contributed by atoms with Crippen molar-refractivity contribution in [1.29, 1.82) is 0 Å². The molecule has 0 unspecified atom stereocenters. The first-order valence-corrected chi connectivity index (χ1v) is 9.24. The minimum atomic E-state index is -0.282. The van der Waals surface area contributed by atoms with E-state index in [9.17, 15) is 9.59 Å². The number of hydrogen-bond donors (Lipinski definition) is 0. The van der Waals surface area contributed by atoms with Crippen LogP contribution in [0.3, 0.4) is 0 Å². The molecule has 0 radical (unpaired) electrons. The Morgan fingerprint density at radius 2 is 1.61 bits per heavy atom.